The van der Waals surface area contributed by atoms with Crippen LogP contribution >= 0.6 is 0 Å². The normalized spacial score (nSPS) is 11.8. The third-order valence-corrected chi connectivity index (χ3v) is 3.16. The number of nitrogens with zero attached hydrogens (tertiary/aromatic N) is 1. The highest BCUT2D eigenvalue weighted by atomic mass is 19.1. The summed E-state index contributed by atoms with van der Waals surface area (Å²) >= 11 is 0. The van der Waals surface area contributed by atoms with Crippen molar-refractivity contribution in [3.05, 3.63) is 59.9 Å². The third kappa shape index (κ3) is 3.72. The second kappa shape index (κ2) is 6.26. The molecule has 0 aliphatic carbocycles. The van der Waals surface area contributed by atoms with Gasteiger partial charge in [-0.05, 0) is 35.9 Å². The number of amides is 1. The second-order valence-electron chi connectivity index (χ2n) is 4.98. The van der Waals surface area contributed by atoms with Gasteiger partial charge in [-0.2, -0.15) is 0 Å². The molecule has 2 aromatic rings. The molecule has 2 aromatic carbocycles. The van der Waals surface area contributed by atoms with Gasteiger partial charge in [0.25, 0.3) is 0 Å². The molecule has 5 heteroatoms. The maximum atomic E-state index is 13.2. The zero-order valence-electron chi connectivity index (χ0n) is 12.0. The van der Waals surface area contributed by atoms with Crippen LogP contribution in [0.15, 0.2) is 48.5 Å². The summed E-state index contributed by atoms with van der Waals surface area (Å²) in [5.41, 5.74) is 7.71. The van der Waals surface area contributed by atoms with E-state index in [0.717, 1.165) is 11.3 Å². The highest BCUT2D eigenvalue weighted by Crippen LogP contribution is 2.22. The van der Waals surface area contributed by atoms with Gasteiger partial charge in [-0.15, -0.1) is 0 Å². The highest BCUT2D eigenvalue weighted by Gasteiger charge is 2.17. The van der Waals surface area contributed by atoms with Crippen LogP contribution in [0.4, 0.5) is 15.8 Å². The Morgan fingerprint density at radius 3 is 2.38 bits per heavy atom. The zero-order valence-corrected chi connectivity index (χ0v) is 12.0. The molecule has 1 amide bonds. The summed E-state index contributed by atoms with van der Waals surface area (Å²) in [6, 6.07) is 12.7. The summed E-state index contributed by atoms with van der Waals surface area (Å²) in [6.45, 7) is 0. The molecule has 110 valence electrons. The maximum Gasteiger partial charge on any atom is 0.244 e. The Labute approximate surface area is 123 Å². The minimum atomic E-state index is -0.706. The lowest BCUT2D eigenvalue weighted by Crippen LogP contribution is -2.27. The Morgan fingerprint density at radius 1 is 1.19 bits per heavy atom. The first-order valence-corrected chi connectivity index (χ1v) is 6.56. The van der Waals surface area contributed by atoms with E-state index in [1.807, 2.05) is 43.3 Å². The standard InChI is InChI=1S/C16H18FN3O/c1-20(2)14-8-6-11(7-9-14)15(16(18)21)19-13-5-3-4-12(17)10-13/h3-10,15,19H,1-2H3,(H2,18,21). The highest BCUT2D eigenvalue weighted by molar-refractivity contribution is 5.84. The fraction of sp³-hybridized carbons (Fsp3) is 0.188. The fourth-order valence-corrected chi connectivity index (χ4v) is 2.03. The van der Waals surface area contributed by atoms with E-state index in [-0.39, 0.29) is 5.82 Å². The fourth-order valence-electron chi connectivity index (χ4n) is 2.03. The SMILES string of the molecule is CN(C)c1ccc(C(Nc2cccc(F)c2)C(N)=O)cc1. The summed E-state index contributed by atoms with van der Waals surface area (Å²) < 4.78 is 13.2. The third-order valence-electron chi connectivity index (χ3n) is 3.16. The summed E-state index contributed by atoms with van der Waals surface area (Å²) in [4.78, 5) is 13.6. The van der Waals surface area contributed by atoms with Crippen molar-refractivity contribution >= 4 is 17.3 Å². The number of anilines is 2. The number of benzene rings is 2. The van der Waals surface area contributed by atoms with Crippen LogP contribution in [0.2, 0.25) is 0 Å². The van der Waals surface area contributed by atoms with E-state index in [1.165, 1.54) is 12.1 Å². The van der Waals surface area contributed by atoms with Gasteiger partial charge in [-0.3, -0.25) is 4.79 Å². The van der Waals surface area contributed by atoms with Crippen molar-refractivity contribution in [1.29, 1.82) is 0 Å². The summed E-state index contributed by atoms with van der Waals surface area (Å²) in [5, 5.41) is 2.96. The van der Waals surface area contributed by atoms with Crippen molar-refractivity contribution < 1.29 is 9.18 Å². The van der Waals surface area contributed by atoms with E-state index in [4.69, 9.17) is 5.73 Å². The van der Waals surface area contributed by atoms with E-state index in [1.54, 1.807) is 12.1 Å². The van der Waals surface area contributed by atoms with E-state index in [9.17, 15) is 9.18 Å². The van der Waals surface area contributed by atoms with Crippen LogP contribution in [0, 0.1) is 5.82 Å². The zero-order chi connectivity index (χ0) is 15.4. The molecule has 21 heavy (non-hydrogen) atoms. The number of rotatable bonds is 5. The first-order chi connectivity index (χ1) is 9.97. The van der Waals surface area contributed by atoms with Gasteiger partial charge in [0.1, 0.15) is 11.9 Å². The van der Waals surface area contributed by atoms with Crippen molar-refractivity contribution in [1.82, 2.24) is 0 Å². The quantitative estimate of drug-likeness (QED) is 0.888. The largest absolute Gasteiger partial charge is 0.378 e. The minimum Gasteiger partial charge on any atom is -0.378 e. The Balaban J connectivity index is 2.24. The molecule has 2 rings (SSSR count). The predicted octanol–water partition coefficient (Wildman–Crippen LogP) is 2.53. The molecule has 4 nitrogen and oxygen atoms in total. The van der Waals surface area contributed by atoms with Crippen LogP contribution in [-0.4, -0.2) is 20.0 Å². The van der Waals surface area contributed by atoms with Crippen LogP contribution in [-0.2, 0) is 4.79 Å². The number of carbonyl (C=O) groups excluding carboxylic acids is 1. The molecule has 0 aliphatic rings. The lowest BCUT2D eigenvalue weighted by atomic mass is 10.1. The molecular weight excluding hydrogens is 269 g/mol. The smallest absolute Gasteiger partial charge is 0.244 e. The number of halogens is 1. The van der Waals surface area contributed by atoms with Crippen LogP contribution in [0.1, 0.15) is 11.6 Å². The number of hydrogen-bond donors (Lipinski definition) is 2. The van der Waals surface area contributed by atoms with Gasteiger partial charge < -0.3 is 16.0 Å². The maximum absolute atomic E-state index is 13.2. The number of hydrogen-bond acceptors (Lipinski definition) is 3. The Kier molecular flexibility index (Phi) is 4.42. The molecule has 1 unspecified atom stereocenters. The Hall–Kier alpha value is -2.56. The van der Waals surface area contributed by atoms with E-state index >= 15 is 0 Å². The van der Waals surface area contributed by atoms with Crippen LogP contribution in [0.5, 0.6) is 0 Å². The topological polar surface area (TPSA) is 58.4 Å². The van der Waals surface area contributed by atoms with Crippen LogP contribution < -0.4 is 16.0 Å². The van der Waals surface area contributed by atoms with Crippen molar-refractivity contribution in [2.75, 3.05) is 24.3 Å². The monoisotopic (exact) mass is 287 g/mol. The van der Waals surface area contributed by atoms with Crippen molar-refractivity contribution in [2.45, 2.75) is 6.04 Å². The molecule has 0 saturated carbocycles. The summed E-state index contributed by atoms with van der Waals surface area (Å²) in [6.07, 6.45) is 0. The van der Waals surface area contributed by atoms with E-state index in [0.29, 0.717) is 5.69 Å². The predicted molar refractivity (Wildman–Crippen MR) is 82.7 cm³/mol. The molecule has 0 radical (unpaired) electrons. The average molecular weight is 287 g/mol. The molecule has 0 fully saturated rings. The molecule has 3 N–H and O–H groups in total. The molecule has 0 bridgehead atoms. The summed E-state index contributed by atoms with van der Waals surface area (Å²) in [5.74, 6) is -0.886. The Bertz CT molecular complexity index is 626. The number of carbonyl (C=O) groups is 1. The van der Waals surface area contributed by atoms with Crippen LogP contribution in [0.3, 0.4) is 0 Å². The van der Waals surface area contributed by atoms with Crippen molar-refractivity contribution in [3.63, 3.8) is 0 Å². The molecule has 0 heterocycles. The lowest BCUT2D eigenvalue weighted by molar-refractivity contribution is -0.118. The van der Waals surface area contributed by atoms with Gasteiger partial charge in [-0.25, -0.2) is 4.39 Å². The molecule has 0 spiro atoms. The average Bonchev–Trinajstić information content (AvgIpc) is 2.44. The van der Waals surface area contributed by atoms with Gasteiger partial charge >= 0.3 is 0 Å². The molecule has 0 saturated heterocycles. The molecule has 0 aromatic heterocycles. The van der Waals surface area contributed by atoms with Gasteiger partial charge in [0.15, 0.2) is 0 Å². The van der Waals surface area contributed by atoms with E-state index in [2.05, 4.69) is 5.32 Å². The second-order valence-corrected chi connectivity index (χ2v) is 4.98. The lowest BCUT2D eigenvalue weighted by Gasteiger charge is -2.19. The van der Waals surface area contributed by atoms with Crippen molar-refractivity contribution in [2.24, 2.45) is 5.73 Å². The Morgan fingerprint density at radius 2 is 1.86 bits per heavy atom. The minimum absolute atomic E-state index is 0.369. The number of nitrogens with one attached hydrogen (secondary N) is 1. The molecular formula is C16H18FN3O. The van der Waals surface area contributed by atoms with Crippen LogP contribution in [0.25, 0.3) is 0 Å². The van der Waals surface area contributed by atoms with Gasteiger partial charge in [-0.1, -0.05) is 18.2 Å². The van der Waals surface area contributed by atoms with Gasteiger partial charge in [0, 0.05) is 25.5 Å². The molecule has 1 atom stereocenters. The van der Waals surface area contributed by atoms with Gasteiger partial charge in [0.2, 0.25) is 5.91 Å². The van der Waals surface area contributed by atoms with Crippen molar-refractivity contribution in [3.8, 4) is 0 Å². The summed E-state index contributed by atoms with van der Waals surface area (Å²) in [7, 11) is 3.87. The van der Waals surface area contributed by atoms with Gasteiger partial charge in [0.05, 0.1) is 0 Å². The first kappa shape index (κ1) is 14.8. The first-order valence-electron chi connectivity index (χ1n) is 6.56. The van der Waals surface area contributed by atoms with E-state index < -0.39 is 11.9 Å². The molecule has 0 aliphatic heterocycles. The number of nitrogens with two attached hydrogens (primary N) is 1. The number of primary amides is 1.